The van der Waals surface area contributed by atoms with Crippen LogP contribution in [0, 0.1) is 5.92 Å². The Hall–Kier alpha value is -0.440. The first-order valence-electron chi connectivity index (χ1n) is 5.42. The van der Waals surface area contributed by atoms with Gasteiger partial charge in [0.25, 0.3) is 5.91 Å². The summed E-state index contributed by atoms with van der Waals surface area (Å²) < 4.78 is 0. The van der Waals surface area contributed by atoms with E-state index in [2.05, 4.69) is 0 Å². The number of alkyl halides is 1. The van der Waals surface area contributed by atoms with Crippen LogP contribution in [-0.4, -0.2) is 29.8 Å². The van der Waals surface area contributed by atoms with Crippen LogP contribution in [0.5, 0.6) is 0 Å². The molecule has 1 aromatic carbocycles. The first-order valence-corrected chi connectivity index (χ1v) is 6.71. The van der Waals surface area contributed by atoms with Crippen molar-refractivity contribution in [3.63, 3.8) is 0 Å². The van der Waals surface area contributed by atoms with Crippen LogP contribution in [0.15, 0.2) is 18.2 Å². The van der Waals surface area contributed by atoms with E-state index < -0.39 is 0 Å². The highest BCUT2D eigenvalue weighted by molar-refractivity contribution is 6.35. The van der Waals surface area contributed by atoms with E-state index in [1.807, 2.05) is 0 Å². The number of halogens is 3. The Morgan fingerprint density at radius 1 is 1.41 bits per heavy atom. The molecule has 1 aromatic rings. The fourth-order valence-corrected chi connectivity index (χ4v) is 2.60. The molecule has 0 spiro atoms. The molecule has 1 fully saturated rings. The molecule has 1 aliphatic rings. The second-order valence-electron chi connectivity index (χ2n) is 4.18. The SMILES string of the molecule is O=C(c1cc(Cl)ccc1Cl)N1CCC(CCl)C1. The Kier molecular flexibility index (Phi) is 4.18. The van der Waals surface area contributed by atoms with E-state index in [9.17, 15) is 4.79 Å². The molecule has 1 atom stereocenters. The van der Waals surface area contributed by atoms with E-state index in [1.165, 1.54) is 0 Å². The lowest BCUT2D eigenvalue weighted by Gasteiger charge is -2.17. The van der Waals surface area contributed by atoms with Crippen LogP contribution in [0.1, 0.15) is 16.8 Å². The molecule has 0 aliphatic carbocycles. The summed E-state index contributed by atoms with van der Waals surface area (Å²) in [5.41, 5.74) is 0.467. The van der Waals surface area contributed by atoms with Crippen molar-refractivity contribution in [3.05, 3.63) is 33.8 Å². The molecule has 1 amide bonds. The maximum absolute atomic E-state index is 12.2. The number of hydrogen-bond donors (Lipinski definition) is 0. The van der Waals surface area contributed by atoms with Crippen LogP contribution in [-0.2, 0) is 0 Å². The Balaban J connectivity index is 2.17. The summed E-state index contributed by atoms with van der Waals surface area (Å²) in [5, 5.41) is 0.958. The zero-order chi connectivity index (χ0) is 12.4. The summed E-state index contributed by atoms with van der Waals surface area (Å²) in [6.07, 6.45) is 0.952. The minimum Gasteiger partial charge on any atom is -0.338 e. The molecular formula is C12H12Cl3NO. The van der Waals surface area contributed by atoms with Crippen molar-refractivity contribution in [2.24, 2.45) is 5.92 Å². The predicted molar refractivity (Wildman–Crippen MR) is 71.2 cm³/mol. The Bertz CT molecular complexity index is 436. The van der Waals surface area contributed by atoms with Crippen LogP contribution >= 0.6 is 34.8 Å². The second-order valence-corrected chi connectivity index (χ2v) is 5.34. The zero-order valence-electron chi connectivity index (χ0n) is 9.13. The van der Waals surface area contributed by atoms with Gasteiger partial charge in [0.15, 0.2) is 0 Å². The highest BCUT2D eigenvalue weighted by Crippen LogP contribution is 2.25. The molecule has 0 saturated carbocycles. The topological polar surface area (TPSA) is 20.3 Å². The fourth-order valence-electron chi connectivity index (χ4n) is 1.97. The molecule has 1 saturated heterocycles. The van der Waals surface area contributed by atoms with Crippen molar-refractivity contribution in [1.82, 2.24) is 4.90 Å². The van der Waals surface area contributed by atoms with Gasteiger partial charge in [-0.05, 0) is 30.5 Å². The van der Waals surface area contributed by atoms with Crippen molar-refractivity contribution < 1.29 is 4.79 Å². The molecule has 2 nitrogen and oxygen atoms in total. The Labute approximate surface area is 115 Å². The van der Waals surface area contributed by atoms with Gasteiger partial charge < -0.3 is 4.90 Å². The third-order valence-corrected chi connectivity index (χ3v) is 3.95. The van der Waals surface area contributed by atoms with Crippen molar-refractivity contribution in [2.75, 3.05) is 19.0 Å². The van der Waals surface area contributed by atoms with E-state index in [4.69, 9.17) is 34.8 Å². The molecule has 17 heavy (non-hydrogen) atoms. The minimum absolute atomic E-state index is 0.0647. The van der Waals surface area contributed by atoms with E-state index in [0.29, 0.717) is 34.0 Å². The minimum atomic E-state index is -0.0647. The fraction of sp³-hybridized carbons (Fsp3) is 0.417. The van der Waals surface area contributed by atoms with Gasteiger partial charge in [0, 0.05) is 24.0 Å². The molecular weight excluding hydrogens is 280 g/mol. The van der Waals surface area contributed by atoms with Gasteiger partial charge in [-0.15, -0.1) is 11.6 Å². The molecule has 92 valence electrons. The number of hydrogen-bond acceptors (Lipinski definition) is 1. The van der Waals surface area contributed by atoms with Crippen molar-refractivity contribution in [1.29, 1.82) is 0 Å². The number of likely N-dealkylation sites (tertiary alicyclic amines) is 1. The lowest BCUT2D eigenvalue weighted by atomic mass is 10.1. The van der Waals surface area contributed by atoms with Crippen LogP contribution in [0.3, 0.4) is 0 Å². The first kappa shape index (κ1) is 13.0. The highest BCUT2D eigenvalue weighted by Gasteiger charge is 2.27. The van der Waals surface area contributed by atoms with Gasteiger partial charge in [0.05, 0.1) is 10.6 Å². The summed E-state index contributed by atoms with van der Waals surface area (Å²) in [4.78, 5) is 14.0. The third kappa shape index (κ3) is 2.87. The lowest BCUT2D eigenvalue weighted by Crippen LogP contribution is -2.29. The number of benzene rings is 1. The summed E-state index contributed by atoms with van der Waals surface area (Å²) in [5.74, 6) is 0.913. The molecule has 0 N–H and O–H groups in total. The van der Waals surface area contributed by atoms with Crippen LogP contribution in [0.2, 0.25) is 10.0 Å². The molecule has 0 bridgehead atoms. The van der Waals surface area contributed by atoms with Gasteiger partial charge in [0.2, 0.25) is 0 Å². The number of nitrogens with zero attached hydrogens (tertiary/aromatic N) is 1. The summed E-state index contributed by atoms with van der Waals surface area (Å²) in [7, 11) is 0. The number of carbonyl (C=O) groups is 1. The van der Waals surface area contributed by atoms with E-state index in [1.54, 1.807) is 23.1 Å². The van der Waals surface area contributed by atoms with Crippen molar-refractivity contribution in [2.45, 2.75) is 6.42 Å². The standard InChI is InChI=1S/C12H12Cl3NO/c13-6-8-3-4-16(7-8)12(17)10-5-9(14)1-2-11(10)15/h1-2,5,8H,3-4,6-7H2. The maximum atomic E-state index is 12.2. The normalized spacial score (nSPS) is 19.7. The smallest absolute Gasteiger partial charge is 0.255 e. The third-order valence-electron chi connectivity index (χ3n) is 2.95. The van der Waals surface area contributed by atoms with Crippen molar-refractivity contribution in [3.8, 4) is 0 Å². The van der Waals surface area contributed by atoms with Crippen molar-refractivity contribution >= 4 is 40.7 Å². The molecule has 1 unspecified atom stereocenters. The summed E-state index contributed by atoms with van der Waals surface area (Å²) in [6, 6.07) is 4.93. The van der Waals surface area contributed by atoms with Gasteiger partial charge in [0.1, 0.15) is 0 Å². The Morgan fingerprint density at radius 2 is 2.18 bits per heavy atom. The number of rotatable bonds is 2. The molecule has 2 rings (SSSR count). The van der Waals surface area contributed by atoms with E-state index in [-0.39, 0.29) is 5.91 Å². The van der Waals surface area contributed by atoms with E-state index >= 15 is 0 Å². The molecule has 1 aliphatic heterocycles. The van der Waals surface area contributed by atoms with Gasteiger partial charge in [-0.1, -0.05) is 23.2 Å². The molecule has 1 heterocycles. The highest BCUT2D eigenvalue weighted by atomic mass is 35.5. The number of amides is 1. The second kappa shape index (κ2) is 5.47. The predicted octanol–water partition coefficient (Wildman–Crippen LogP) is 3.69. The molecule has 0 radical (unpaired) electrons. The maximum Gasteiger partial charge on any atom is 0.255 e. The molecule has 0 aromatic heterocycles. The van der Waals surface area contributed by atoms with Gasteiger partial charge in [-0.3, -0.25) is 4.79 Å². The van der Waals surface area contributed by atoms with Crippen LogP contribution < -0.4 is 0 Å². The van der Waals surface area contributed by atoms with Crippen LogP contribution in [0.25, 0.3) is 0 Å². The zero-order valence-corrected chi connectivity index (χ0v) is 11.4. The van der Waals surface area contributed by atoms with Gasteiger partial charge >= 0.3 is 0 Å². The quantitative estimate of drug-likeness (QED) is 0.761. The van der Waals surface area contributed by atoms with E-state index in [0.717, 1.165) is 13.0 Å². The average molecular weight is 293 g/mol. The van der Waals surface area contributed by atoms with Crippen LogP contribution in [0.4, 0.5) is 0 Å². The summed E-state index contributed by atoms with van der Waals surface area (Å²) in [6.45, 7) is 1.43. The van der Waals surface area contributed by atoms with Gasteiger partial charge in [-0.25, -0.2) is 0 Å². The first-order chi connectivity index (χ1) is 8.11. The van der Waals surface area contributed by atoms with Gasteiger partial charge in [-0.2, -0.15) is 0 Å². The monoisotopic (exact) mass is 291 g/mol. The largest absolute Gasteiger partial charge is 0.338 e. The Morgan fingerprint density at radius 3 is 2.82 bits per heavy atom. The molecule has 5 heteroatoms. The lowest BCUT2D eigenvalue weighted by molar-refractivity contribution is 0.0788. The number of carbonyl (C=O) groups excluding carboxylic acids is 1. The summed E-state index contributed by atoms with van der Waals surface area (Å²) >= 11 is 17.7. The average Bonchev–Trinajstić information content (AvgIpc) is 2.80.